The zero-order chi connectivity index (χ0) is 8.54. The third-order valence-electron chi connectivity index (χ3n) is 3.45. The lowest BCUT2D eigenvalue weighted by atomic mass is 9.68. The normalized spacial score (nSPS) is 42.0. The van der Waals surface area contributed by atoms with E-state index in [2.05, 4.69) is 20.8 Å². The molecular formula is C10H22ClN. The predicted molar refractivity (Wildman–Crippen MR) is 56.7 cm³/mol. The summed E-state index contributed by atoms with van der Waals surface area (Å²) in [7, 11) is 0. The van der Waals surface area contributed by atoms with Crippen molar-refractivity contribution >= 4 is 12.4 Å². The van der Waals surface area contributed by atoms with Crippen molar-refractivity contribution in [2.75, 3.05) is 0 Å². The van der Waals surface area contributed by atoms with Crippen molar-refractivity contribution in [2.45, 2.75) is 58.4 Å². The van der Waals surface area contributed by atoms with Crippen LogP contribution in [0.15, 0.2) is 0 Å². The molecule has 1 fully saturated rings. The Morgan fingerprint density at radius 2 is 1.50 bits per heavy atom. The maximum Gasteiger partial charge on any atom is 0.0126 e. The zero-order valence-electron chi connectivity index (χ0n) is 8.52. The molecular weight excluding hydrogens is 170 g/mol. The van der Waals surface area contributed by atoms with E-state index in [-0.39, 0.29) is 17.9 Å². The fraction of sp³-hybridized carbons (Fsp3) is 1.00. The average molecular weight is 192 g/mol. The molecule has 0 spiro atoms. The second kappa shape index (κ2) is 3.97. The van der Waals surface area contributed by atoms with Gasteiger partial charge in [-0.25, -0.2) is 0 Å². The van der Waals surface area contributed by atoms with Crippen molar-refractivity contribution in [3.05, 3.63) is 0 Å². The van der Waals surface area contributed by atoms with Crippen molar-refractivity contribution < 1.29 is 0 Å². The molecule has 1 rings (SSSR count). The van der Waals surface area contributed by atoms with Gasteiger partial charge in [-0.3, -0.25) is 0 Å². The fourth-order valence-corrected chi connectivity index (χ4v) is 1.78. The van der Waals surface area contributed by atoms with Gasteiger partial charge in [-0.1, -0.05) is 20.3 Å². The summed E-state index contributed by atoms with van der Waals surface area (Å²) in [6.45, 7) is 6.86. The summed E-state index contributed by atoms with van der Waals surface area (Å²) < 4.78 is 0. The molecule has 0 saturated heterocycles. The maximum absolute atomic E-state index is 6.05. The second-order valence-electron chi connectivity index (χ2n) is 4.82. The highest BCUT2D eigenvalue weighted by molar-refractivity contribution is 5.85. The summed E-state index contributed by atoms with van der Waals surface area (Å²) in [4.78, 5) is 0. The van der Waals surface area contributed by atoms with Gasteiger partial charge in [0.25, 0.3) is 0 Å². The van der Waals surface area contributed by atoms with Gasteiger partial charge in [0.05, 0.1) is 0 Å². The molecule has 0 amide bonds. The number of rotatable bonds is 1. The van der Waals surface area contributed by atoms with Crippen molar-refractivity contribution in [3.63, 3.8) is 0 Å². The van der Waals surface area contributed by atoms with E-state index in [0.717, 1.165) is 0 Å². The summed E-state index contributed by atoms with van der Waals surface area (Å²) in [5.74, 6) is 0. The van der Waals surface area contributed by atoms with Gasteiger partial charge < -0.3 is 5.73 Å². The van der Waals surface area contributed by atoms with E-state index in [0.29, 0.717) is 5.41 Å². The largest absolute Gasteiger partial charge is 0.325 e. The van der Waals surface area contributed by atoms with Crippen molar-refractivity contribution in [2.24, 2.45) is 11.1 Å². The Hall–Kier alpha value is 0.250. The van der Waals surface area contributed by atoms with E-state index in [1.807, 2.05) is 0 Å². The Bertz CT molecular complexity index is 133. The molecule has 0 unspecified atom stereocenters. The first kappa shape index (κ1) is 12.2. The summed E-state index contributed by atoms with van der Waals surface area (Å²) >= 11 is 0. The van der Waals surface area contributed by atoms with Crippen molar-refractivity contribution in [3.8, 4) is 0 Å². The van der Waals surface area contributed by atoms with Crippen molar-refractivity contribution in [1.29, 1.82) is 0 Å². The van der Waals surface area contributed by atoms with Crippen LogP contribution in [0.25, 0.3) is 0 Å². The van der Waals surface area contributed by atoms with Gasteiger partial charge in [0.2, 0.25) is 0 Å². The quantitative estimate of drug-likeness (QED) is 0.678. The average Bonchev–Trinajstić information content (AvgIpc) is 1.97. The monoisotopic (exact) mass is 191 g/mol. The smallest absolute Gasteiger partial charge is 0.0126 e. The Morgan fingerprint density at radius 3 is 1.83 bits per heavy atom. The Balaban J connectivity index is 0.00000121. The summed E-state index contributed by atoms with van der Waals surface area (Å²) in [6, 6.07) is 0. The van der Waals surface area contributed by atoms with E-state index >= 15 is 0 Å². The fourth-order valence-electron chi connectivity index (χ4n) is 1.78. The molecule has 74 valence electrons. The third kappa shape index (κ3) is 2.95. The van der Waals surface area contributed by atoms with E-state index < -0.39 is 0 Å². The first-order valence-electron chi connectivity index (χ1n) is 4.76. The second-order valence-corrected chi connectivity index (χ2v) is 4.82. The minimum atomic E-state index is 0. The molecule has 0 atom stereocenters. The molecule has 1 nitrogen and oxygen atoms in total. The number of hydrogen-bond acceptors (Lipinski definition) is 1. The van der Waals surface area contributed by atoms with Gasteiger partial charge >= 0.3 is 0 Å². The SMILES string of the molecule is CCC1(C)CCC(C)(N)CC1.Cl. The van der Waals surface area contributed by atoms with Crippen LogP contribution in [0, 0.1) is 5.41 Å². The van der Waals surface area contributed by atoms with E-state index in [9.17, 15) is 0 Å². The van der Waals surface area contributed by atoms with Crippen LogP contribution in [0.1, 0.15) is 52.9 Å². The lowest BCUT2D eigenvalue weighted by Crippen LogP contribution is -2.42. The lowest BCUT2D eigenvalue weighted by molar-refractivity contribution is 0.152. The highest BCUT2D eigenvalue weighted by atomic mass is 35.5. The van der Waals surface area contributed by atoms with Gasteiger partial charge in [-0.05, 0) is 38.0 Å². The van der Waals surface area contributed by atoms with Gasteiger partial charge in [-0.15, -0.1) is 12.4 Å². The Labute approximate surface area is 82.5 Å². The first-order chi connectivity index (χ1) is 4.97. The standard InChI is InChI=1S/C10H21N.ClH/c1-4-9(2)5-7-10(3,11)8-6-9;/h4-8,11H2,1-3H3;1H. The van der Waals surface area contributed by atoms with Crippen LogP contribution in [-0.2, 0) is 0 Å². The van der Waals surface area contributed by atoms with Crippen LogP contribution in [0.2, 0.25) is 0 Å². The number of nitrogens with two attached hydrogens (primary N) is 1. The third-order valence-corrected chi connectivity index (χ3v) is 3.45. The molecule has 0 aromatic heterocycles. The predicted octanol–water partition coefficient (Wildman–Crippen LogP) is 3.12. The Kier molecular flexibility index (Phi) is 4.05. The molecule has 0 bridgehead atoms. The van der Waals surface area contributed by atoms with E-state index in [1.54, 1.807) is 0 Å². The van der Waals surface area contributed by atoms with Crippen LogP contribution in [0.4, 0.5) is 0 Å². The van der Waals surface area contributed by atoms with E-state index in [1.165, 1.54) is 32.1 Å². The maximum atomic E-state index is 6.05. The molecule has 0 radical (unpaired) electrons. The molecule has 0 aromatic rings. The molecule has 2 N–H and O–H groups in total. The van der Waals surface area contributed by atoms with Gasteiger partial charge in [0.1, 0.15) is 0 Å². The number of halogens is 1. The van der Waals surface area contributed by atoms with E-state index in [4.69, 9.17) is 5.73 Å². The first-order valence-corrected chi connectivity index (χ1v) is 4.76. The van der Waals surface area contributed by atoms with Crippen LogP contribution >= 0.6 is 12.4 Å². The van der Waals surface area contributed by atoms with Crippen LogP contribution in [0.3, 0.4) is 0 Å². The summed E-state index contributed by atoms with van der Waals surface area (Å²) in [5, 5.41) is 0. The molecule has 2 heteroatoms. The van der Waals surface area contributed by atoms with Crippen molar-refractivity contribution in [1.82, 2.24) is 0 Å². The van der Waals surface area contributed by atoms with Crippen LogP contribution < -0.4 is 5.73 Å². The zero-order valence-corrected chi connectivity index (χ0v) is 9.34. The molecule has 1 saturated carbocycles. The molecule has 0 heterocycles. The minimum absolute atomic E-state index is 0. The van der Waals surface area contributed by atoms with Gasteiger partial charge in [0, 0.05) is 5.54 Å². The molecule has 12 heavy (non-hydrogen) atoms. The molecule has 1 aliphatic carbocycles. The lowest BCUT2D eigenvalue weighted by Gasteiger charge is -2.40. The molecule has 1 aliphatic rings. The van der Waals surface area contributed by atoms with Gasteiger partial charge in [0.15, 0.2) is 0 Å². The highest BCUT2D eigenvalue weighted by Crippen LogP contribution is 2.41. The topological polar surface area (TPSA) is 26.0 Å². The highest BCUT2D eigenvalue weighted by Gasteiger charge is 2.33. The van der Waals surface area contributed by atoms with Crippen LogP contribution in [0.5, 0.6) is 0 Å². The molecule has 0 aromatic carbocycles. The Morgan fingerprint density at radius 1 is 1.08 bits per heavy atom. The summed E-state index contributed by atoms with van der Waals surface area (Å²) in [6.07, 6.45) is 6.35. The van der Waals surface area contributed by atoms with Gasteiger partial charge in [-0.2, -0.15) is 0 Å². The minimum Gasteiger partial charge on any atom is -0.325 e. The molecule has 0 aliphatic heterocycles. The summed E-state index contributed by atoms with van der Waals surface area (Å²) in [5.41, 5.74) is 6.78. The van der Waals surface area contributed by atoms with Crippen LogP contribution in [-0.4, -0.2) is 5.54 Å². The number of hydrogen-bond donors (Lipinski definition) is 1.